The van der Waals surface area contributed by atoms with E-state index in [4.69, 9.17) is 16.3 Å². The van der Waals surface area contributed by atoms with Gasteiger partial charge in [-0.25, -0.2) is 0 Å². The molecular weight excluding hydrogens is 314 g/mol. The van der Waals surface area contributed by atoms with E-state index in [-0.39, 0.29) is 24.8 Å². The molecule has 0 bridgehead atoms. The Morgan fingerprint density at radius 2 is 1.96 bits per heavy atom. The molecule has 1 amide bonds. The lowest BCUT2D eigenvalue weighted by Crippen LogP contribution is -2.42. The fourth-order valence-corrected chi connectivity index (χ4v) is 2.66. The van der Waals surface area contributed by atoms with Crippen molar-refractivity contribution in [3.8, 4) is 5.75 Å². The Balaban J connectivity index is 1.90. The molecule has 0 N–H and O–H groups in total. The van der Waals surface area contributed by atoms with Crippen LogP contribution in [-0.2, 0) is 4.79 Å². The molecule has 1 aliphatic rings. The molecule has 1 heterocycles. The van der Waals surface area contributed by atoms with E-state index < -0.39 is 0 Å². The quantitative estimate of drug-likeness (QED) is 0.809. The minimum absolute atomic E-state index is 0.0297. The second-order valence-corrected chi connectivity index (χ2v) is 6.04. The van der Waals surface area contributed by atoms with Gasteiger partial charge in [0.05, 0.1) is 12.2 Å². The van der Waals surface area contributed by atoms with Crippen LogP contribution in [0.25, 0.3) is 0 Å². The van der Waals surface area contributed by atoms with E-state index in [0.29, 0.717) is 22.0 Å². The first-order valence-electron chi connectivity index (χ1n) is 7.29. The van der Waals surface area contributed by atoms with Gasteiger partial charge < -0.3 is 4.74 Å². The highest BCUT2D eigenvalue weighted by molar-refractivity contribution is 6.31. The normalized spacial score (nSPS) is 13.5. The molecular formula is C18H16ClNO3. The van der Waals surface area contributed by atoms with Gasteiger partial charge in [0.25, 0.3) is 5.91 Å². The SMILES string of the molecule is Cc1ccc(C(=O)CN2C(=O)COc3ccc(Cl)cc32)cc1C. The number of ether oxygens (including phenoxy) is 1. The average molecular weight is 330 g/mol. The topological polar surface area (TPSA) is 46.6 Å². The van der Waals surface area contributed by atoms with Crippen molar-refractivity contribution in [3.63, 3.8) is 0 Å². The van der Waals surface area contributed by atoms with E-state index in [1.807, 2.05) is 26.0 Å². The summed E-state index contributed by atoms with van der Waals surface area (Å²) in [5.41, 5.74) is 3.30. The minimum Gasteiger partial charge on any atom is -0.482 e. The maximum absolute atomic E-state index is 12.5. The maximum atomic E-state index is 12.5. The molecule has 0 atom stereocenters. The van der Waals surface area contributed by atoms with Crippen molar-refractivity contribution < 1.29 is 14.3 Å². The van der Waals surface area contributed by atoms with Crippen molar-refractivity contribution in [2.24, 2.45) is 0 Å². The number of hydrogen-bond donors (Lipinski definition) is 0. The van der Waals surface area contributed by atoms with Crippen LogP contribution >= 0.6 is 11.6 Å². The summed E-state index contributed by atoms with van der Waals surface area (Å²) in [4.78, 5) is 26.1. The Bertz CT molecular complexity index is 801. The third-order valence-corrected chi connectivity index (χ3v) is 4.23. The van der Waals surface area contributed by atoms with Gasteiger partial charge in [0.1, 0.15) is 5.75 Å². The van der Waals surface area contributed by atoms with E-state index in [0.717, 1.165) is 11.1 Å². The summed E-state index contributed by atoms with van der Waals surface area (Å²) in [6, 6.07) is 10.6. The summed E-state index contributed by atoms with van der Waals surface area (Å²) in [6.07, 6.45) is 0. The zero-order valence-electron chi connectivity index (χ0n) is 12.9. The van der Waals surface area contributed by atoms with Gasteiger partial charge in [0, 0.05) is 10.6 Å². The van der Waals surface area contributed by atoms with E-state index in [9.17, 15) is 9.59 Å². The number of benzene rings is 2. The first-order valence-corrected chi connectivity index (χ1v) is 7.66. The zero-order valence-corrected chi connectivity index (χ0v) is 13.7. The summed E-state index contributed by atoms with van der Waals surface area (Å²) in [5.74, 6) is 0.188. The summed E-state index contributed by atoms with van der Waals surface area (Å²) in [7, 11) is 0. The molecule has 3 rings (SSSR count). The van der Waals surface area contributed by atoms with Crippen LogP contribution in [0.1, 0.15) is 21.5 Å². The number of aryl methyl sites for hydroxylation is 2. The van der Waals surface area contributed by atoms with Crippen LogP contribution < -0.4 is 9.64 Å². The van der Waals surface area contributed by atoms with Crippen molar-refractivity contribution in [2.75, 3.05) is 18.1 Å². The molecule has 2 aromatic rings. The number of halogens is 1. The number of amides is 1. The van der Waals surface area contributed by atoms with Crippen LogP contribution in [-0.4, -0.2) is 24.8 Å². The van der Waals surface area contributed by atoms with Crippen LogP contribution in [0.4, 0.5) is 5.69 Å². The Morgan fingerprint density at radius 1 is 1.17 bits per heavy atom. The first-order chi connectivity index (χ1) is 11.0. The van der Waals surface area contributed by atoms with Crippen LogP contribution in [0.5, 0.6) is 5.75 Å². The lowest BCUT2D eigenvalue weighted by atomic mass is 10.0. The molecule has 0 saturated heterocycles. The number of anilines is 1. The standard InChI is InChI=1S/C18H16ClNO3/c1-11-3-4-13(7-12(11)2)16(21)9-20-15-8-14(19)5-6-17(15)23-10-18(20)22/h3-8H,9-10H2,1-2H3. The first kappa shape index (κ1) is 15.6. The lowest BCUT2D eigenvalue weighted by molar-refractivity contribution is -0.121. The molecule has 5 heteroatoms. The third kappa shape index (κ3) is 3.08. The van der Waals surface area contributed by atoms with Gasteiger partial charge in [0.15, 0.2) is 12.4 Å². The van der Waals surface area contributed by atoms with Gasteiger partial charge in [-0.15, -0.1) is 0 Å². The highest BCUT2D eigenvalue weighted by Crippen LogP contribution is 2.34. The lowest BCUT2D eigenvalue weighted by Gasteiger charge is -2.29. The smallest absolute Gasteiger partial charge is 0.265 e. The van der Waals surface area contributed by atoms with Crippen molar-refractivity contribution in [3.05, 3.63) is 58.1 Å². The summed E-state index contributed by atoms with van der Waals surface area (Å²) in [5, 5.41) is 0.491. The van der Waals surface area contributed by atoms with Crippen molar-refractivity contribution in [1.82, 2.24) is 0 Å². The number of nitrogens with zero attached hydrogens (tertiary/aromatic N) is 1. The Hall–Kier alpha value is -2.33. The van der Waals surface area contributed by atoms with Gasteiger partial charge in [-0.2, -0.15) is 0 Å². The van der Waals surface area contributed by atoms with Crippen LogP contribution in [0.3, 0.4) is 0 Å². The molecule has 1 aliphatic heterocycles. The Labute approximate surface area is 139 Å². The van der Waals surface area contributed by atoms with Crippen LogP contribution in [0.2, 0.25) is 5.02 Å². The van der Waals surface area contributed by atoms with E-state index in [1.54, 1.807) is 24.3 Å². The number of fused-ring (bicyclic) bond motifs is 1. The van der Waals surface area contributed by atoms with E-state index in [1.165, 1.54) is 4.90 Å². The van der Waals surface area contributed by atoms with Gasteiger partial charge in [0.2, 0.25) is 0 Å². The molecule has 0 unspecified atom stereocenters. The number of rotatable bonds is 3. The second-order valence-electron chi connectivity index (χ2n) is 5.60. The molecule has 0 aliphatic carbocycles. The molecule has 2 aromatic carbocycles. The van der Waals surface area contributed by atoms with E-state index in [2.05, 4.69) is 0 Å². The fraction of sp³-hybridized carbons (Fsp3) is 0.222. The minimum atomic E-state index is -0.253. The molecule has 0 fully saturated rings. The second kappa shape index (κ2) is 6.05. The molecule has 0 aromatic heterocycles. The summed E-state index contributed by atoms with van der Waals surface area (Å²) < 4.78 is 5.38. The number of hydrogen-bond acceptors (Lipinski definition) is 3. The number of carbonyl (C=O) groups excluding carboxylic acids is 2. The van der Waals surface area contributed by atoms with Crippen molar-refractivity contribution >= 4 is 29.0 Å². The largest absolute Gasteiger partial charge is 0.482 e. The van der Waals surface area contributed by atoms with Gasteiger partial charge in [-0.1, -0.05) is 23.7 Å². The molecule has 0 saturated carbocycles. The van der Waals surface area contributed by atoms with E-state index >= 15 is 0 Å². The summed E-state index contributed by atoms with van der Waals surface area (Å²) in [6.45, 7) is 3.85. The number of Topliss-reactive ketones (excluding diaryl/α,β-unsaturated/α-hetero) is 1. The molecule has 118 valence electrons. The number of ketones is 1. The van der Waals surface area contributed by atoms with Gasteiger partial charge in [-0.3, -0.25) is 14.5 Å². The van der Waals surface area contributed by atoms with Crippen molar-refractivity contribution in [2.45, 2.75) is 13.8 Å². The van der Waals surface area contributed by atoms with Gasteiger partial charge >= 0.3 is 0 Å². The predicted octanol–water partition coefficient (Wildman–Crippen LogP) is 3.57. The Morgan fingerprint density at radius 3 is 2.70 bits per heavy atom. The molecule has 0 spiro atoms. The maximum Gasteiger partial charge on any atom is 0.265 e. The highest BCUT2D eigenvalue weighted by atomic mass is 35.5. The Kier molecular flexibility index (Phi) is 4.09. The van der Waals surface area contributed by atoms with Crippen molar-refractivity contribution in [1.29, 1.82) is 0 Å². The predicted molar refractivity (Wildman–Crippen MR) is 89.5 cm³/mol. The zero-order chi connectivity index (χ0) is 16.6. The van der Waals surface area contributed by atoms with Crippen LogP contribution in [0, 0.1) is 13.8 Å². The fourth-order valence-electron chi connectivity index (χ4n) is 2.50. The monoisotopic (exact) mass is 329 g/mol. The van der Waals surface area contributed by atoms with Gasteiger partial charge in [-0.05, 0) is 49.2 Å². The number of carbonyl (C=O) groups is 2. The summed E-state index contributed by atoms with van der Waals surface area (Å²) >= 11 is 6.00. The third-order valence-electron chi connectivity index (χ3n) is 3.99. The average Bonchev–Trinajstić information content (AvgIpc) is 2.52. The van der Waals surface area contributed by atoms with Crippen LogP contribution in [0.15, 0.2) is 36.4 Å². The molecule has 23 heavy (non-hydrogen) atoms. The molecule has 4 nitrogen and oxygen atoms in total. The molecule has 0 radical (unpaired) electrons. The highest BCUT2D eigenvalue weighted by Gasteiger charge is 2.27.